The SMILES string of the molecule is Cc1cc([N+](=O)[O-])cnc1NC1CCN(C(=O)c2ccccn2)C1. The number of amides is 1. The molecule has 8 nitrogen and oxygen atoms in total. The van der Waals surface area contributed by atoms with Gasteiger partial charge in [0.25, 0.3) is 11.6 Å². The van der Waals surface area contributed by atoms with Crippen molar-refractivity contribution in [1.82, 2.24) is 14.9 Å². The number of rotatable bonds is 4. The second-order valence-corrected chi connectivity index (χ2v) is 5.71. The monoisotopic (exact) mass is 327 g/mol. The minimum absolute atomic E-state index is 0.0311. The molecule has 0 bridgehead atoms. The Balaban J connectivity index is 1.64. The number of nitro groups is 1. The van der Waals surface area contributed by atoms with Crippen molar-refractivity contribution >= 4 is 17.4 Å². The van der Waals surface area contributed by atoms with Crippen molar-refractivity contribution in [3.05, 3.63) is 58.0 Å². The summed E-state index contributed by atoms with van der Waals surface area (Å²) in [6, 6.07) is 6.81. The number of aromatic nitrogens is 2. The smallest absolute Gasteiger partial charge is 0.287 e. The predicted molar refractivity (Wildman–Crippen MR) is 87.8 cm³/mol. The van der Waals surface area contributed by atoms with E-state index >= 15 is 0 Å². The van der Waals surface area contributed by atoms with Gasteiger partial charge in [-0.25, -0.2) is 4.98 Å². The van der Waals surface area contributed by atoms with Crippen LogP contribution in [0.25, 0.3) is 0 Å². The number of carbonyl (C=O) groups excluding carboxylic acids is 1. The molecular formula is C16H17N5O3. The van der Waals surface area contributed by atoms with Crippen LogP contribution in [0.5, 0.6) is 0 Å². The highest BCUT2D eigenvalue weighted by molar-refractivity contribution is 5.92. The first kappa shape index (κ1) is 15.9. The average molecular weight is 327 g/mol. The molecule has 1 aliphatic rings. The minimum Gasteiger partial charge on any atom is -0.365 e. The van der Waals surface area contributed by atoms with Gasteiger partial charge in [-0.05, 0) is 31.0 Å². The van der Waals surface area contributed by atoms with Gasteiger partial charge in [-0.1, -0.05) is 6.07 Å². The summed E-state index contributed by atoms with van der Waals surface area (Å²) in [5.74, 6) is 0.519. The second-order valence-electron chi connectivity index (χ2n) is 5.71. The highest BCUT2D eigenvalue weighted by Crippen LogP contribution is 2.21. The van der Waals surface area contributed by atoms with Gasteiger partial charge in [0, 0.05) is 31.4 Å². The molecule has 1 amide bonds. The predicted octanol–water partition coefficient (Wildman–Crippen LogP) is 2.02. The second kappa shape index (κ2) is 6.61. The molecule has 8 heteroatoms. The van der Waals surface area contributed by atoms with Crippen LogP contribution in [-0.4, -0.2) is 44.8 Å². The average Bonchev–Trinajstić information content (AvgIpc) is 3.05. The van der Waals surface area contributed by atoms with Crippen LogP contribution in [-0.2, 0) is 0 Å². The molecule has 0 radical (unpaired) electrons. The summed E-state index contributed by atoms with van der Waals surface area (Å²) in [6.45, 7) is 2.96. The number of carbonyl (C=O) groups is 1. The highest BCUT2D eigenvalue weighted by atomic mass is 16.6. The van der Waals surface area contributed by atoms with Crippen LogP contribution in [0.2, 0.25) is 0 Å². The molecule has 3 heterocycles. The lowest BCUT2D eigenvalue weighted by atomic mass is 10.2. The lowest BCUT2D eigenvalue weighted by Gasteiger charge is -2.17. The van der Waals surface area contributed by atoms with Crippen LogP contribution in [0.15, 0.2) is 36.7 Å². The number of pyridine rings is 2. The molecule has 0 saturated carbocycles. The maximum absolute atomic E-state index is 12.4. The molecule has 2 aromatic heterocycles. The summed E-state index contributed by atoms with van der Waals surface area (Å²) in [6.07, 6.45) is 3.63. The van der Waals surface area contributed by atoms with E-state index in [0.717, 1.165) is 6.42 Å². The summed E-state index contributed by atoms with van der Waals surface area (Å²) < 4.78 is 0. The summed E-state index contributed by atoms with van der Waals surface area (Å²) in [5, 5.41) is 14.0. The van der Waals surface area contributed by atoms with Gasteiger partial charge in [0.1, 0.15) is 17.7 Å². The number of likely N-dealkylation sites (tertiary alicyclic amines) is 1. The molecule has 1 fully saturated rings. The van der Waals surface area contributed by atoms with E-state index in [1.165, 1.54) is 12.3 Å². The number of anilines is 1. The number of aryl methyl sites for hydroxylation is 1. The molecule has 3 rings (SSSR count). The molecule has 2 aromatic rings. The summed E-state index contributed by atoms with van der Waals surface area (Å²) in [5.41, 5.74) is 1.11. The Morgan fingerprint density at radius 3 is 2.92 bits per heavy atom. The Kier molecular flexibility index (Phi) is 4.37. The van der Waals surface area contributed by atoms with Crippen LogP contribution in [0.4, 0.5) is 11.5 Å². The third-order valence-electron chi connectivity index (χ3n) is 3.97. The molecular weight excluding hydrogens is 310 g/mol. The van der Waals surface area contributed by atoms with Gasteiger partial charge in [0.15, 0.2) is 0 Å². The van der Waals surface area contributed by atoms with Crippen LogP contribution in [0, 0.1) is 17.0 Å². The first-order valence-corrected chi connectivity index (χ1v) is 7.62. The zero-order valence-corrected chi connectivity index (χ0v) is 13.2. The molecule has 0 aliphatic carbocycles. The number of nitrogens with zero attached hydrogens (tertiary/aromatic N) is 4. The Hall–Kier alpha value is -3.03. The van der Waals surface area contributed by atoms with Crippen molar-refractivity contribution < 1.29 is 9.72 Å². The van der Waals surface area contributed by atoms with Gasteiger partial charge in [-0.15, -0.1) is 0 Å². The third kappa shape index (κ3) is 3.32. The fourth-order valence-corrected chi connectivity index (χ4v) is 2.72. The quantitative estimate of drug-likeness (QED) is 0.681. The van der Waals surface area contributed by atoms with E-state index in [2.05, 4.69) is 15.3 Å². The zero-order chi connectivity index (χ0) is 17.1. The van der Waals surface area contributed by atoms with Crippen molar-refractivity contribution in [1.29, 1.82) is 0 Å². The van der Waals surface area contributed by atoms with Gasteiger partial charge in [-0.3, -0.25) is 19.9 Å². The van der Waals surface area contributed by atoms with Gasteiger partial charge in [0.2, 0.25) is 0 Å². The molecule has 1 aliphatic heterocycles. The minimum atomic E-state index is -0.466. The molecule has 0 spiro atoms. The van der Waals surface area contributed by atoms with Gasteiger partial charge < -0.3 is 10.2 Å². The zero-order valence-electron chi connectivity index (χ0n) is 13.2. The van der Waals surface area contributed by atoms with Gasteiger partial charge in [-0.2, -0.15) is 0 Å². The van der Waals surface area contributed by atoms with Crippen molar-refractivity contribution in [3.63, 3.8) is 0 Å². The van der Waals surface area contributed by atoms with Crippen molar-refractivity contribution in [2.45, 2.75) is 19.4 Å². The first-order chi connectivity index (χ1) is 11.5. The summed E-state index contributed by atoms with van der Waals surface area (Å²) >= 11 is 0. The van der Waals surface area contributed by atoms with Crippen molar-refractivity contribution in [3.8, 4) is 0 Å². The van der Waals surface area contributed by atoms with E-state index < -0.39 is 4.92 Å². The molecule has 1 unspecified atom stereocenters. The molecule has 1 saturated heterocycles. The maximum atomic E-state index is 12.4. The van der Waals surface area contributed by atoms with Crippen molar-refractivity contribution in [2.24, 2.45) is 0 Å². The Bertz CT molecular complexity index is 766. The Morgan fingerprint density at radius 1 is 1.42 bits per heavy atom. The first-order valence-electron chi connectivity index (χ1n) is 7.62. The van der Waals surface area contributed by atoms with Crippen LogP contribution < -0.4 is 5.32 Å². The van der Waals surface area contributed by atoms with Crippen molar-refractivity contribution in [2.75, 3.05) is 18.4 Å². The highest BCUT2D eigenvalue weighted by Gasteiger charge is 2.28. The standard InChI is InChI=1S/C16H17N5O3/c1-11-8-13(21(23)24)9-18-15(11)19-12-5-7-20(10-12)16(22)14-4-2-3-6-17-14/h2-4,6,8-9,12H,5,7,10H2,1H3,(H,18,19). The van der Waals surface area contributed by atoms with Gasteiger partial charge in [0.05, 0.1) is 4.92 Å². The van der Waals surface area contributed by atoms with Crippen LogP contribution >= 0.6 is 0 Å². The van der Waals surface area contributed by atoms with E-state index in [4.69, 9.17) is 0 Å². The van der Waals surface area contributed by atoms with E-state index in [-0.39, 0.29) is 17.6 Å². The van der Waals surface area contributed by atoms with Crippen LogP contribution in [0.1, 0.15) is 22.5 Å². The lowest BCUT2D eigenvalue weighted by Crippen LogP contribution is -2.32. The van der Waals surface area contributed by atoms with E-state index in [1.807, 2.05) is 0 Å². The topological polar surface area (TPSA) is 101 Å². The number of hydrogen-bond acceptors (Lipinski definition) is 6. The molecule has 1 atom stereocenters. The number of hydrogen-bond donors (Lipinski definition) is 1. The Labute approximate surface area is 138 Å². The van der Waals surface area contributed by atoms with Crippen LogP contribution in [0.3, 0.4) is 0 Å². The van der Waals surface area contributed by atoms with Gasteiger partial charge >= 0.3 is 0 Å². The molecule has 0 aromatic carbocycles. The molecule has 24 heavy (non-hydrogen) atoms. The van der Waals surface area contributed by atoms with E-state index in [0.29, 0.717) is 30.2 Å². The normalized spacial score (nSPS) is 16.9. The lowest BCUT2D eigenvalue weighted by molar-refractivity contribution is -0.385. The maximum Gasteiger partial charge on any atom is 0.287 e. The fourth-order valence-electron chi connectivity index (χ4n) is 2.72. The van der Waals surface area contributed by atoms with E-state index in [9.17, 15) is 14.9 Å². The summed E-state index contributed by atoms with van der Waals surface area (Å²) in [7, 11) is 0. The number of nitrogens with one attached hydrogen (secondary N) is 1. The summed E-state index contributed by atoms with van der Waals surface area (Å²) in [4.78, 5) is 32.6. The molecule has 1 N–H and O–H groups in total. The Morgan fingerprint density at radius 2 is 2.25 bits per heavy atom. The molecule has 124 valence electrons. The third-order valence-corrected chi connectivity index (χ3v) is 3.97. The largest absolute Gasteiger partial charge is 0.365 e. The fraction of sp³-hybridized carbons (Fsp3) is 0.312. The van der Waals surface area contributed by atoms with E-state index in [1.54, 1.807) is 36.2 Å².